The molecule has 2 rings (SSSR count). The summed E-state index contributed by atoms with van der Waals surface area (Å²) < 4.78 is 15.0. The van der Waals surface area contributed by atoms with Crippen molar-refractivity contribution < 1.29 is 14.1 Å². The van der Waals surface area contributed by atoms with Crippen molar-refractivity contribution in [3.05, 3.63) is 68.4 Å². The Labute approximate surface area is 142 Å². The van der Waals surface area contributed by atoms with E-state index in [0.29, 0.717) is 5.69 Å². The molecule has 9 heteroatoms. The number of nitro groups is 1. The van der Waals surface area contributed by atoms with Crippen molar-refractivity contribution in [2.24, 2.45) is 0 Å². The van der Waals surface area contributed by atoms with Crippen LogP contribution in [0.2, 0.25) is 0 Å². The average molecular weight is 348 g/mol. The molecule has 0 saturated heterocycles. The van der Waals surface area contributed by atoms with Crippen LogP contribution in [-0.4, -0.2) is 40.9 Å². The molecule has 0 aliphatic rings. The van der Waals surface area contributed by atoms with Gasteiger partial charge in [0.1, 0.15) is 5.82 Å². The van der Waals surface area contributed by atoms with Crippen molar-refractivity contribution in [1.82, 2.24) is 9.47 Å². The van der Waals surface area contributed by atoms with Crippen molar-refractivity contribution in [3.63, 3.8) is 0 Å². The molecule has 0 aliphatic heterocycles. The van der Waals surface area contributed by atoms with E-state index in [1.807, 2.05) is 0 Å². The molecule has 1 N–H and O–H groups in total. The number of nitrogens with one attached hydrogen (secondary N) is 1. The van der Waals surface area contributed by atoms with Gasteiger partial charge < -0.3 is 14.8 Å². The summed E-state index contributed by atoms with van der Waals surface area (Å²) in [6.07, 6.45) is 1.16. The Morgan fingerprint density at radius 1 is 1.32 bits per heavy atom. The van der Waals surface area contributed by atoms with Crippen molar-refractivity contribution in [2.75, 3.05) is 26.0 Å². The van der Waals surface area contributed by atoms with Gasteiger partial charge in [0, 0.05) is 45.0 Å². The van der Waals surface area contributed by atoms with Crippen LogP contribution in [-0.2, 0) is 6.54 Å². The molecule has 132 valence electrons. The molecule has 1 heterocycles. The number of amides is 1. The molecular formula is C16H17FN4O4. The lowest BCUT2D eigenvalue weighted by molar-refractivity contribution is -0.385. The number of hydrogen-bond acceptors (Lipinski definition) is 5. The van der Waals surface area contributed by atoms with E-state index in [9.17, 15) is 24.1 Å². The molecule has 0 atom stereocenters. The van der Waals surface area contributed by atoms with E-state index >= 15 is 0 Å². The minimum atomic E-state index is -0.626. The summed E-state index contributed by atoms with van der Waals surface area (Å²) in [5.74, 6) is -1.09. The third-order valence-corrected chi connectivity index (χ3v) is 3.46. The first-order valence-corrected chi connectivity index (χ1v) is 7.39. The summed E-state index contributed by atoms with van der Waals surface area (Å²) in [7, 11) is 3.05. The van der Waals surface area contributed by atoms with Gasteiger partial charge in [0.25, 0.3) is 17.2 Å². The topological polar surface area (TPSA) is 97.5 Å². The summed E-state index contributed by atoms with van der Waals surface area (Å²) in [6.45, 7) is 0.442. The molecular weight excluding hydrogens is 331 g/mol. The van der Waals surface area contributed by atoms with Crippen LogP contribution in [0, 0.1) is 15.9 Å². The number of halogens is 1. The first kappa shape index (κ1) is 18.1. The Hall–Kier alpha value is -3.23. The standard InChI is InChI=1S/C16H17FN4O4/c1-19(2)16(23)13-9-11(3-5-14(13)17)18-7-8-20-10-12(21(24)25)4-6-15(20)22/h3-6,9-10,18H,7-8H2,1-2H3. The van der Waals surface area contributed by atoms with Gasteiger partial charge in [0.05, 0.1) is 16.7 Å². The number of carbonyl (C=O) groups excluding carboxylic acids is 1. The second-order valence-electron chi connectivity index (χ2n) is 5.50. The van der Waals surface area contributed by atoms with E-state index in [1.165, 1.54) is 41.8 Å². The zero-order valence-corrected chi connectivity index (χ0v) is 13.7. The number of anilines is 1. The fraction of sp³-hybridized carbons (Fsp3) is 0.250. The van der Waals surface area contributed by atoms with Crippen molar-refractivity contribution >= 4 is 17.3 Å². The largest absolute Gasteiger partial charge is 0.383 e. The summed E-state index contributed by atoms with van der Waals surface area (Å²) in [5, 5.41) is 13.7. The van der Waals surface area contributed by atoms with Crippen LogP contribution in [0.25, 0.3) is 0 Å². The number of benzene rings is 1. The molecule has 1 amide bonds. The first-order chi connectivity index (χ1) is 11.8. The second kappa shape index (κ2) is 7.56. The normalized spacial score (nSPS) is 10.4. The number of rotatable bonds is 6. The van der Waals surface area contributed by atoms with Gasteiger partial charge in [0.2, 0.25) is 0 Å². The predicted octanol–water partition coefficient (Wildman–Crippen LogP) is 1.71. The van der Waals surface area contributed by atoms with Crippen molar-refractivity contribution in [2.45, 2.75) is 6.54 Å². The van der Waals surface area contributed by atoms with Crippen molar-refractivity contribution in [1.29, 1.82) is 0 Å². The Morgan fingerprint density at radius 2 is 2.04 bits per heavy atom. The molecule has 1 aromatic heterocycles. The lowest BCUT2D eigenvalue weighted by Gasteiger charge is -2.13. The Balaban J connectivity index is 2.09. The molecule has 0 saturated carbocycles. The smallest absolute Gasteiger partial charge is 0.285 e. The second-order valence-corrected chi connectivity index (χ2v) is 5.50. The maximum absolute atomic E-state index is 13.8. The molecule has 1 aromatic carbocycles. The number of pyridine rings is 1. The van der Waals surface area contributed by atoms with E-state index in [2.05, 4.69) is 5.32 Å². The van der Waals surface area contributed by atoms with Crippen LogP contribution in [0.3, 0.4) is 0 Å². The first-order valence-electron chi connectivity index (χ1n) is 7.39. The highest BCUT2D eigenvalue weighted by molar-refractivity contribution is 5.95. The van der Waals surface area contributed by atoms with Gasteiger partial charge in [-0.05, 0) is 18.2 Å². The fourth-order valence-corrected chi connectivity index (χ4v) is 2.16. The van der Waals surface area contributed by atoms with E-state index in [-0.39, 0.29) is 29.9 Å². The average Bonchev–Trinajstić information content (AvgIpc) is 2.57. The van der Waals surface area contributed by atoms with E-state index < -0.39 is 16.6 Å². The summed E-state index contributed by atoms with van der Waals surface area (Å²) in [5.41, 5.74) is -0.108. The monoisotopic (exact) mass is 348 g/mol. The zero-order valence-electron chi connectivity index (χ0n) is 13.7. The quantitative estimate of drug-likeness (QED) is 0.633. The molecule has 0 spiro atoms. The van der Waals surface area contributed by atoms with Crippen LogP contribution in [0.15, 0.2) is 41.3 Å². The molecule has 0 unspecified atom stereocenters. The maximum atomic E-state index is 13.8. The van der Waals surface area contributed by atoms with Gasteiger partial charge in [-0.3, -0.25) is 19.7 Å². The highest BCUT2D eigenvalue weighted by Gasteiger charge is 2.14. The molecule has 25 heavy (non-hydrogen) atoms. The van der Waals surface area contributed by atoms with E-state index in [1.54, 1.807) is 0 Å². The number of carbonyl (C=O) groups is 1. The van der Waals surface area contributed by atoms with Crippen LogP contribution < -0.4 is 10.9 Å². The molecule has 2 aromatic rings. The van der Waals surface area contributed by atoms with Crippen LogP contribution in [0.1, 0.15) is 10.4 Å². The lowest BCUT2D eigenvalue weighted by Crippen LogP contribution is -2.24. The van der Waals surface area contributed by atoms with Crippen molar-refractivity contribution in [3.8, 4) is 0 Å². The summed E-state index contributed by atoms with van der Waals surface area (Å²) in [4.78, 5) is 35.1. The fourth-order valence-electron chi connectivity index (χ4n) is 2.16. The molecule has 0 fully saturated rings. The van der Waals surface area contributed by atoms with Gasteiger partial charge in [-0.1, -0.05) is 0 Å². The van der Waals surface area contributed by atoms with Gasteiger partial charge >= 0.3 is 0 Å². The third-order valence-electron chi connectivity index (χ3n) is 3.46. The van der Waals surface area contributed by atoms with Crippen LogP contribution in [0.5, 0.6) is 0 Å². The van der Waals surface area contributed by atoms with E-state index in [0.717, 1.165) is 18.3 Å². The predicted molar refractivity (Wildman–Crippen MR) is 90.3 cm³/mol. The zero-order chi connectivity index (χ0) is 18.6. The van der Waals surface area contributed by atoms with Gasteiger partial charge in [0.15, 0.2) is 0 Å². The Kier molecular flexibility index (Phi) is 5.48. The summed E-state index contributed by atoms with van der Waals surface area (Å²) >= 11 is 0. The minimum Gasteiger partial charge on any atom is -0.383 e. The van der Waals surface area contributed by atoms with E-state index in [4.69, 9.17) is 0 Å². The van der Waals surface area contributed by atoms with Gasteiger partial charge in [-0.25, -0.2) is 4.39 Å². The van der Waals surface area contributed by atoms with Gasteiger partial charge in [-0.15, -0.1) is 0 Å². The summed E-state index contributed by atoms with van der Waals surface area (Å²) in [6, 6.07) is 6.31. The maximum Gasteiger partial charge on any atom is 0.285 e. The number of hydrogen-bond donors (Lipinski definition) is 1. The highest BCUT2D eigenvalue weighted by atomic mass is 19.1. The SMILES string of the molecule is CN(C)C(=O)c1cc(NCCn2cc([N+](=O)[O-])ccc2=O)ccc1F. The molecule has 0 radical (unpaired) electrons. The highest BCUT2D eigenvalue weighted by Crippen LogP contribution is 2.16. The third kappa shape index (κ3) is 4.40. The van der Waals surface area contributed by atoms with Crippen LogP contribution >= 0.6 is 0 Å². The van der Waals surface area contributed by atoms with Crippen LogP contribution in [0.4, 0.5) is 15.8 Å². The Bertz CT molecular complexity index is 863. The number of aromatic nitrogens is 1. The Morgan fingerprint density at radius 3 is 2.68 bits per heavy atom. The molecule has 8 nitrogen and oxygen atoms in total. The minimum absolute atomic E-state index is 0.0671. The lowest BCUT2D eigenvalue weighted by atomic mass is 10.1. The van der Waals surface area contributed by atoms with Gasteiger partial charge in [-0.2, -0.15) is 0 Å². The number of nitrogens with zero attached hydrogens (tertiary/aromatic N) is 3. The molecule has 0 aliphatic carbocycles. The molecule has 0 bridgehead atoms.